The predicted molar refractivity (Wildman–Crippen MR) is 69.1 cm³/mol. The standard InChI is InChI=1S/C13H12ClFOS/c1-8-5-10(7-17-8)12(16)6-9-3-2-4-11(14)13(9)15/h2-5,7,12,16H,6H2,1H3. The van der Waals surface area contributed by atoms with E-state index in [0.29, 0.717) is 5.56 Å². The van der Waals surface area contributed by atoms with Crippen LogP contribution in [0.4, 0.5) is 4.39 Å². The molecule has 0 aliphatic rings. The van der Waals surface area contributed by atoms with E-state index in [9.17, 15) is 9.50 Å². The quantitative estimate of drug-likeness (QED) is 0.889. The van der Waals surface area contributed by atoms with Crippen LogP contribution in [0.3, 0.4) is 0 Å². The summed E-state index contributed by atoms with van der Waals surface area (Å²) in [5.74, 6) is -0.444. The summed E-state index contributed by atoms with van der Waals surface area (Å²) in [4.78, 5) is 1.13. The number of halogens is 2. The topological polar surface area (TPSA) is 20.2 Å². The summed E-state index contributed by atoms with van der Waals surface area (Å²) in [6.07, 6.45) is -0.448. The lowest BCUT2D eigenvalue weighted by Gasteiger charge is -2.10. The average molecular weight is 271 g/mol. The van der Waals surface area contributed by atoms with Crippen LogP contribution in [0.15, 0.2) is 29.6 Å². The maximum absolute atomic E-state index is 13.6. The van der Waals surface area contributed by atoms with Gasteiger partial charge in [0.15, 0.2) is 0 Å². The molecule has 1 atom stereocenters. The van der Waals surface area contributed by atoms with Crippen molar-refractivity contribution in [2.45, 2.75) is 19.4 Å². The van der Waals surface area contributed by atoms with E-state index >= 15 is 0 Å². The Morgan fingerprint density at radius 2 is 2.24 bits per heavy atom. The molecule has 0 saturated heterocycles. The molecule has 0 spiro atoms. The van der Waals surface area contributed by atoms with Crippen LogP contribution in [-0.2, 0) is 6.42 Å². The molecule has 2 aromatic rings. The molecule has 90 valence electrons. The first-order valence-corrected chi connectivity index (χ1v) is 6.49. The lowest BCUT2D eigenvalue weighted by Crippen LogP contribution is -2.02. The molecule has 17 heavy (non-hydrogen) atoms. The van der Waals surface area contributed by atoms with Gasteiger partial charge in [-0.25, -0.2) is 4.39 Å². The van der Waals surface area contributed by atoms with Crippen molar-refractivity contribution in [3.63, 3.8) is 0 Å². The van der Waals surface area contributed by atoms with Crippen molar-refractivity contribution in [2.24, 2.45) is 0 Å². The zero-order chi connectivity index (χ0) is 12.4. The van der Waals surface area contributed by atoms with Gasteiger partial charge in [-0.15, -0.1) is 11.3 Å². The van der Waals surface area contributed by atoms with Crippen molar-refractivity contribution >= 4 is 22.9 Å². The minimum Gasteiger partial charge on any atom is -0.388 e. The second kappa shape index (κ2) is 5.17. The highest BCUT2D eigenvalue weighted by Crippen LogP contribution is 2.26. The van der Waals surface area contributed by atoms with Gasteiger partial charge in [-0.2, -0.15) is 0 Å². The molecule has 1 heterocycles. The van der Waals surface area contributed by atoms with Crippen molar-refractivity contribution in [2.75, 3.05) is 0 Å². The number of benzene rings is 1. The Balaban J connectivity index is 2.18. The van der Waals surface area contributed by atoms with E-state index in [1.165, 1.54) is 6.07 Å². The second-order valence-corrected chi connectivity index (χ2v) is 5.45. The summed E-state index contributed by atoms with van der Waals surface area (Å²) < 4.78 is 13.6. The van der Waals surface area contributed by atoms with Gasteiger partial charge in [0.25, 0.3) is 0 Å². The van der Waals surface area contributed by atoms with E-state index in [-0.39, 0.29) is 11.4 Å². The van der Waals surface area contributed by atoms with Crippen molar-refractivity contribution in [3.8, 4) is 0 Å². The highest BCUT2D eigenvalue weighted by Gasteiger charge is 2.14. The number of rotatable bonds is 3. The minimum atomic E-state index is -0.687. The van der Waals surface area contributed by atoms with E-state index in [0.717, 1.165) is 10.4 Å². The number of aliphatic hydroxyl groups excluding tert-OH is 1. The van der Waals surface area contributed by atoms with E-state index in [1.807, 2.05) is 18.4 Å². The van der Waals surface area contributed by atoms with Crippen molar-refractivity contribution in [1.29, 1.82) is 0 Å². The Kier molecular flexibility index (Phi) is 3.82. The lowest BCUT2D eigenvalue weighted by molar-refractivity contribution is 0.177. The summed E-state index contributed by atoms with van der Waals surface area (Å²) in [5.41, 5.74) is 1.26. The number of thiophene rings is 1. The number of hydrogen-bond donors (Lipinski definition) is 1. The first-order chi connectivity index (χ1) is 8.08. The molecule has 0 radical (unpaired) electrons. The van der Waals surface area contributed by atoms with Crippen LogP contribution in [0.2, 0.25) is 5.02 Å². The minimum absolute atomic E-state index is 0.0937. The van der Waals surface area contributed by atoms with E-state index in [1.54, 1.807) is 23.5 Å². The molecule has 0 bridgehead atoms. The highest BCUT2D eigenvalue weighted by molar-refractivity contribution is 7.10. The Hall–Kier alpha value is -0.900. The van der Waals surface area contributed by atoms with Gasteiger partial charge in [0.05, 0.1) is 11.1 Å². The third-order valence-electron chi connectivity index (χ3n) is 2.58. The Morgan fingerprint density at radius 1 is 1.47 bits per heavy atom. The van der Waals surface area contributed by atoms with Gasteiger partial charge in [0.1, 0.15) is 5.82 Å². The van der Waals surface area contributed by atoms with Crippen LogP contribution in [0.25, 0.3) is 0 Å². The van der Waals surface area contributed by atoms with E-state index < -0.39 is 11.9 Å². The maximum atomic E-state index is 13.6. The fourth-order valence-electron chi connectivity index (χ4n) is 1.67. The molecule has 1 nitrogen and oxygen atoms in total. The summed E-state index contributed by atoms with van der Waals surface area (Å²) in [5, 5.41) is 12.0. The Labute approximate surface area is 108 Å². The lowest BCUT2D eigenvalue weighted by atomic mass is 10.0. The molecule has 1 unspecified atom stereocenters. The summed E-state index contributed by atoms with van der Waals surface area (Å²) in [6, 6.07) is 6.75. The molecular weight excluding hydrogens is 259 g/mol. The Morgan fingerprint density at radius 3 is 2.88 bits per heavy atom. The molecule has 0 aliphatic heterocycles. The molecule has 0 saturated carbocycles. The molecule has 0 fully saturated rings. The first kappa shape index (κ1) is 12.6. The SMILES string of the molecule is Cc1cc(C(O)Cc2cccc(Cl)c2F)cs1. The third-order valence-corrected chi connectivity index (χ3v) is 3.75. The fourth-order valence-corrected chi connectivity index (χ4v) is 2.62. The van der Waals surface area contributed by atoms with Crippen molar-refractivity contribution in [1.82, 2.24) is 0 Å². The largest absolute Gasteiger partial charge is 0.388 e. The van der Waals surface area contributed by atoms with Crippen LogP contribution in [0, 0.1) is 12.7 Å². The molecule has 0 amide bonds. The molecule has 0 aliphatic carbocycles. The highest BCUT2D eigenvalue weighted by atomic mass is 35.5. The van der Waals surface area contributed by atoms with Crippen molar-refractivity contribution < 1.29 is 9.50 Å². The van der Waals surface area contributed by atoms with Crippen LogP contribution in [0.5, 0.6) is 0 Å². The van der Waals surface area contributed by atoms with Gasteiger partial charge in [-0.05, 0) is 35.6 Å². The molecular formula is C13H12ClFOS. The first-order valence-electron chi connectivity index (χ1n) is 5.24. The van der Waals surface area contributed by atoms with Gasteiger partial charge < -0.3 is 5.11 Å². The van der Waals surface area contributed by atoms with E-state index in [2.05, 4.69) is 0 Å². The van der Waals surface area contributed by atoms with Gasteiger partial charge in [0.2, 0.25) is 0 Å². The summed E-state index contributed by atoms with van der Waals surface area (Å²) >= 11 is 7.26. The zero-order valence-corrected chi connectivity index (χ0v) is 10.9. The monoisotopic (exact) mass is 270 g/mol. The smallest absolute Gasteiger partial charge is 0.145 e. The number of aryl methyl sites for hydroxylation is 1. The molecule has 4 heteroatoms. The summed E-state index contributed by atoms with van der Waals surface area (Å²) in [6.45, 7) is 1.97. The average Bonchev–Trinajstić information content (AvgIpc) is 2.72. The van der Waals surface area contributed by atoms with Crippen LogP contribution in [-0.4, -0.2) is 5.11 Å². The number of hydrogen-bond acceptors (Lipinski definition) is 2. The van der Waals surface area contributed by atoms with Gasteiger partial charge in [-0.3, -0.25) is 0 Å². The van der Waals surface area contributed by atoms with Crippen LogP contribution in [0.1, 0.15) is 22.1 Å². The molecule has 2 rings (SSSR count). The van der Waals surface area contributed by atoms with Gasteiger partial charge in [-0.1, -0.05) is 23.7 Å². The molecule has 1 aromatic carbocycles. The Bertz CT molecular complexity index is 524. The van der Waals surface area contributed by atoms with Crippen LogP contribution >= 0.6 is 22.9 Å². The molecule has 1 N–H and O–H groups in total. The van der Waals surface area contributed by atoms with Gasteiger partial charge >= 0.3 is 0 Å². The zero-order valence-electron chi connectivity index (χ0n) is 9.28. The third kappa shape index (κ3) is 2.86. The second-order valence-electron chi connectivity index (χ2n) is 3.92. The van der Waals surface area contributed by atoms with Crippen LogP contribution < -0.4 is 0 Å². The predicted octanol–water partition coefficient (Wildman–Crippen LogP) is 4.13. The van der Waals surface area contributed by atoms with E-state index in [4.69, 9.17) is 11.6 Å². The normalized spacial score (nSPS) is 12.7. The number of aliphatic hydroxyl groups is 1. The maximum Gasteiger partial charge on any atom is 0.145 e. The van der Waals surface area contributed by atoms with Crippen molar-refractivity contribution in [3.05, 3.63) is 56.5 Å². The molecule has 1 aromatic heterocycles. The fraction of sp³-hybridized carbons (Fsp3) is 0.231. The van der Waals surface area contributed by atoms with Gasteiger partial charge in [0, 0.05) is 11.3 Å². The summed E-state index contributed by atoms with van der Waals surface area (Å²) in [7, 11) is 0.